The molecule has 7 rings (SSSR count). The first-order valence-corrected chi connectivity index (χ1v) is 25.1. The van der Waals surface area contributed by atoms with Crippen molar-refractivity contribution < 1.29 is 69.6 Å². The minimum absolute atomic E-state index is 0.199. The van der Waals surface area contributed by atoms with Crippen LogP contribution in [0.5, 0.6) is 0 Å². The number of nitrogens with one attached hydrogen (secondary N) is 4. The van der Waals surface area contributed by atoms with E-state index in [1.54, 1.807) is 54.0 Å². The van der Waals surface area contributed by atoms with Gasteiger partial charge in [-0.1, -0.05) is 41.6 Å². The van der Waals surface area contributed by atoms with Gasteiger partial charge >= 0.3 is 24.5 Å². The van der Waals surface area contributed by atoms with Crippen LogP contribution in [0, 0.1) is 28.5 Å². The molecule has 78 heavy (non-hydrogen) atoms. The number of aliphatic hydroxyl groups is 1. The number of fused-ring (bicyclic) bond motifs is 2. The second-order valence-corrected chi connectivity index (χ2v) is 21.0. The molecule has 17 nitrogen and oxygen atoms in total. The molecule has 2 aromatic carbocycles. The first-order chi connectivity index (χ1) is 36.7. The van der Waals surface area contributed by atoms with Gasteiger partial charge in [-0.05, 0) is 101 Å². The average Bonchev–Trinajstić information content (AvgIpc) is 3.64. The van der Waals surface area contributed by atoms with Crippen molar-refractivity contribution in [3.63, 3.8) is 0 Å². The number of anilines is 1. The normalized spacial score (nSPS) is 18.6. The number of hydrogen-bond acceptors (Lipinski definition) is 12. The maximum atomic E-state index is 16.1. The maximum absolute atomic E-state index is 16.1. The minimum atomic E-state index is -5.20. The summed E-state index contributed by atoms with van der Waals surface area (Å²) >= 11 is 6.58. The van der Waals surface area contributed by atoms with E-state index in [2.05, 4.69) is 42.1 Å². The molecular weight excluding hydrogens is 1060 g/mol. The van der Waals surface area contributed by atoms with Gasteiger partial charge in [0.05, 0.1) is 55.0 Å². The van der Waals surface area contributed by atoms with Crippen LogP contribution in [0.3, 0.4) is 0 Å². The Kier molecular flexibility index (Phi) is 18.2. The summed E-state index contributed by atoms with van der Waals surface area (Å²) in [5, 5.41) is 27.9. The SMILES string of the molecule is COC(=O)N[C@H](C(=O)N[C@@H](Cc1ccc(C#Cc2ccc(N3CC4CCC(C3)N4C3COC3)nc2)cc1)[C@@H](O)CN(Cc1c(F)cc(-c2ccccn2)cc1Cl)NC(=O)[C@@H](NC(=O)O)C(C)(C)C(F)(F)F)C(C)(C)C(F)(F)F. The van der Waals surface area contributed by atoms with Crippen molar-refractivity contribution in [1.82, 2.24) is 41.3 Å². The summed E-state index contributed by atoms with van der Waals surface area (Å²) < 4.78 is 113. The molecule has 0 spiro atoms. The Bertz CT molecular complexity index is 2810. The van der Waals surface area contributed by atoms with Crippen molar-refractivity contribution in [2.75, 3.05) is 44.9 Å². The highest BCUT2D eigenvalue weighted by Gasteiger charge is 2.57. The number of aliphatic hydroxyl groups excluding tert-OH is 1. The molecule has 25 heteroatoms. The van der Waals surface area contributed by atoms with Gasteiger partial charge in [0.2, 0.25) is 5.91 Å². The number of ether oxygens (including phenoxy) is 2. The third-order valence-electron chi connectivity index (χ3n) is 14.5. The zero-order valence-corrected chi connectivity index (χ0v) is 43.8. The molecule has 2 bridgehead atoms. The smallest absolute Gasteiger partial charge is 0.407 e. The van der Waals surface area contributed by atoms with Gasteiger partial charge in [-0.2, -0.15) is 26.3 Å². The third kappa shape index (κ3) is 13.7. The number of hydrogen-bond donors (Lipinski definition) is 6. The van der Waals surface area contributed by atoms with Gasteiger partial charge in [0, 0.05) is 77.9 Å². The lowest BCUT2D eigenvalue weighted by Gasteiger charge is -2.47. The largest absolute Gasteiger partial charge is 0.465 e. The maximum Gasteiger partial charge on any atom is 0.407 e. The van der Waals surface area contributed by atoms with Crippen molar-refractivity contribution in [2.24, 2.45) is 10.8 Å². The molecule has 3 aliphatic rings. The van der Waals surface area contributed by atoms with E-state index < -0.39 is 96.7 Å². The van der Waals surface area contributed by atoms with E-state index in [0.29, 0.717) is 73.2 Å². The Hall–Kier alpha value is -6.78. The number of carbonyl (C=O) groups excluding carboxylic acids is 3. The van der Waals surface area contributed by atoms with Gasteiger partial charge in [0.1, 0.15) is 23.7 Å². The van der Waals surface area contributed by atoms with Crippen LogP contribution < -0.4 is 26.3 Å². The molecule has 3 saturated heterocycles. The number of alkyl halides is 6. The number of carboxylic acid groups (broad SMARTS) is 1. The quantitative estimate of drug-likeness (QED) is 0.0343. The molecule has 4 amide bonds. The molecule has 3 aliphatic heterocycles. The van der Waals surface area contributed by atoms with Crippen molar-refractivity contribution >= 4 is 41.4 Å². The monoisotopic (exact) mass is 1120 g/mol. The van der Waals surface area contributed by atoms with E-state index in [1.165, 1.54) is 12.3 Å². The number of amides is 4. The van der Waals surface area contributed by atoms with E-state index >= 15 is 4.39 Å². The topological polar surface area (TPSA) is 211 Å². The average molecular weight is 1120 g/mol. The lowest BCUT2D eigenvalue weighted by atomic mass is 9.82. The third-order valence-corrected chi connectivity index (χ3v) is 14.8. The van der Waals surface area contributed by atoms with E-state index in [1.807, 2.05) is 17.4 Å². The van der Waals surface area contributed by atoms with Crippen molar-refractivity contribution in [2.45, 2.75) is 108 Å². The second kappa shape index (κ2) is 24.1. The number of nitrogens with zero attached hydrogens (tertiary/aromatic N) is 5. The number of carbonyl (C=O) groups is 4. The van der Waals surface area contributed by atoms with Gasteiger partial charge in [-0.25, -0.2) is 24.0 Å². The number of alkyl carbamates (subject to hydrolysis) is 1. The highest BCUT2D eigenvalue weighted by atomic mass is 35.5. The van der Waals surface area contributed by atoms with Crippen LogP contribution in [0.4, 0.5) is 46.1 Å². The fourth-order valence-electron chi connectivity index (χ4n) is 9.56. The number of rotatable bonds is 18. The van der Waals surface area contributed by atoms with Crippen LogP contribution in [0.25, 0.3) is 11.3 Å². The molecule has 3 fully saturated rings. The summed E-state index contributed by atoms with van der Waals surface area (Å²) in [5.74, 6) is 2.83. The number of methoxy groups -OCH3 is 1. The first-order valence-electron chi connectivity index (χ1n) is 24.7. The molecular formula is C53H59ClF7N9O8. The van der Waals surface area contributed by atoms with E-state index in [4.69, 9.17) is 21.3 Å². The van der Waals surface area contributed by atoms with Crippen LogP contribution in [0.1, 0.15) is 62.8 Å². The molecule has 5 heterocycles. The number of halogens is 8. The van der Waals surface area contributed by atoms with Crippen molar-refractivity contribution in [1.29, 1.82) is 0 Å². The fourth-order valence-corrected chi connectivity index (χ4v) is 9.83. The predicted molar refractivity (Wildman–Crippen MR) is 271 cm³/mol. The minimum Gasteiger partial charge on any atom is -0.465 e. The molecule has 0 saturated carbocycles. The Labute approximate surface area is 450 Å². The molecule has 2 unspecified atom stereocenters. The predicted octanol–water partition coefficient (Wildman–Crippen LogP) is 6.85. The lowest BCUT2D eigenvalue weighted by molar-refractivity contribution is -0.221. The van der Waals surface area contributed by atoms with Crippen LogP contribution in [0.2, 0.25) is 5.02 Å². The second-order valence-electron chi connectivity index (χ2n) is 20.5. The molecule has 420 valence electrons. The standard InChI is InChI=1S/C53H59ClF7N9O8/c1-50(2,52(56,57)58)44(66-49(76)77-5)46(72)64-41(20-31-12-9-30(10-13-31)11-14-32-15-18-43(63-23-32)68-24-34-16-17-35(25-68)70(34)36-28-78-29-36)42(71)27-69(67-47(73)45(65-48(74)75)51(3,4)53(59,60)61)26-37-38(54)21-33(22-39(37)55)40-8-6-7-19-62-40/h6-10,12-13,15,18-19,21-23,34-36,41-42,44-45,65,71H,16-17,20,24-29H2,1-5H3,(H,64,72)(H,66,76)(H,67,73)(H,74,75)/t34?,35?,41-,42-,44+,45+/m0/s1. The van der Waals surface area contributed by atoms with Crippen LogP contribution >= 0.6 is 11.6 Å². The summed E-state index contributed by atoms with van der Waals surface area (Å²) in [6.45, 7) is 3.84. The molecule has 6 atom stereocenters. The van der Waals surface area contributed by atoms with Gasteiger partial charge in [0.25, 0.3) is 5.91 Å². The van der Waals surface area contributed by atoms with Crippen LogP contribution in [0.15, 0.2) is 79.1 Å². The Morgan fingerprint density at radius 3 is 1.97 bits per heavy atom. The van der Waals surface area contributed by atoms with Gasteiger partial charge < -0.3 is 40.5 Å². The summed E-state index contributed by atoms with van der Waals surface area (Å²) in [4.78, 5) is 66.0. The zero-order chi connectivity index (χ0) is 56.9. The van der Waals surface area contributed by atoms with Crippen molar-refractivity contribution in [3.05, 3.63) is 112 Å². The van der Waals surface area contributed by atoms with E-state index in [0.717, 1.165) is 58.1 Å². The number of piperazine rings is 1. The number of aromatic nitrogens is 2. The van der Waals surface area contributed by atoms with E-state index in [9.17, 15) is 55.7 Å². The van der Waals surface area contributed by atoms with Crippen LogP contribution in [-0.2, 0) is 32.0 Å². The summed E-state index contributed by atoms with van der Waals surface area (Å²) in [5.41, 5.74) is -2.37. The van der Waals surface area contributed by atoms with Gasteiger partial charge in [-0.3, -0.25) is 24.9 Å². The highest BCUT2D eigenvalue weighted by molar-refractivity contribution is 6.31. The summed E-state index contributed by atoms with van der Waals surface area (Å²) in [6, 6.07) is 11.9. The first kappa shape index (κ1) is 58.9. The van der Waals surface area contributed by atoms with Gasteiger partial charge in [-0.15, -0.1) is 0 Å². The molecule has 2 aromatic heterocycles. The van der Waals surface area contributed by atoms with Crippen LogP contribution in [-0.4, -0.2) is 149 Å². The van der Waals surface area contributed by atoms with Crippen molar-refractivity contribution in [3.8, 4) is 23.1 Å². The molecule has 0 aliphatic carbocycles. The summed E-state index contributed by atoms with van der Waals surface area (Å²) in [7, 11) is 0.854. The molecule has 0 radical (unpaired) electrons. The summed E-state index contributed by atoms with van der Waals surface area (Å²) in [6.07, 6.45) is -10.8. The van der Waals surface area contributed by atoms with E-state index in [-0.39, 0.29) is 16.1 Å². The number of hydrazine groups is 1. The lowest BCUT2D eigenvalue weighted by Crippen LogP contribution is -2.63. The fraction of sp³-hybridized carbons (Fsp3) is 0.472. The van der Waals surface area contributed by atoms with Gasteiger partial charge in [0.15, 0.2) is 0 Å². The molecule has 4 aromatic rings. The number of pyridine rings is 2. The Morgan fingerprint density at radius 2 is 1.45 bits per heavy atom. The highest BCUT2D eigenvalue weighted by Crippen LogP contribution is 2.42. The Morgan fingerprint density at radius 1 is 0.833 bits per heavy atom. The zero-order valence-electron chi connectivity index (χ0n) is 43.0. The number of benzene rings is 2. The Balaban J connectivity index is 1.17. The molecule has 6 N–H and O–H groups in total.